The van der Waals surface area contributed by atoms with Gasteiger partial charge in [-0.05, 0) is 78.3 Å². The molecule has 3 heteroatoms. The summed E-state index contributed by atoms with van der Waals surface area (Å²) >= 11 is 0. The van der Waals surface area contributed by atoms with Crippen LogP contribution in [0.25, 0.3) is 0 Å². The fourth-order valence-corrected chi connectivity index (χ4v) is 4.27. The Morgan fingerprint density at radius 2 is 0.815 bits per heavy atom. The second-order valence-electron chi connectivity index (χ2n) is 13.5. The average Bonchev–Trinajstić information content (AvgIpc) is 3.21. The fourth-order valence-electron chi connectivity index (χ4n) is 4.27. The van der Waals surface area contributed by atoms with Gasteiger partial charge in [-0.3, -0.25) is 4.79 Å². The lowest BCUT2D eigenvalue weighted by molar-refractivity contribution is 0.0949. The molecule has 4 aromatic carbocycles. The predicted octanol–water partition coefficient (Wildman–Crippen LogP) is 14.8. The number of rotatable bonds is 12. The molecule has 306 valence electrons. The summed E-state index contributed by atoms with van der Waals surface area (Å²) in [6, 6.07) is 41.0. The second-order valence-corrected chi connectivity index (χ2v) is 13.5. The van der Waals surface area contributed by atoms with Gasteiger partial charge in [0.15, 0.2) is 0 Å². The third kappa shape index (κ3) is 39.5. The first kappa shape index (κ1) is 57.0. The molecule has 0 aromatic heterocycles. The molecule has 3 nitrogen and oxygen atoms in total. The van der Waals surface area contributed by atoms with Crippen LogP contribution in [-0.4, -0.2) is 19.0 Å². The Hall–Kier alpha value is -3.69. The van der Waals surface area contributed by atoms with E-state index in [1.54, 1.807) is 0 Å². The van der Waals surface area contributed by atoms with Gasteiger partial charge in [0.2, 0.25) is 0 Å². The van der Waals surface area contributed by atoms with Crippen molar-refractivity contribution < 1.29 is 4.79 Å². The van der Waals surface area contributed by atoms with Crippen molar-refractivity contribution >= 4 is 5.91 Å². The molecule has 0 spiro atoms. The van der Waals surface area contributed by atoms with Crippen LogP contribution in [0.1, 0.15) is 144 Å². The van der Waals surface area contributed by atoms with Gasteiger partial charge in [0.25, 0.3) is 5.91 Å². The third-order valence-corrected chi connectivity index (χ3v) is 6.77. The SMILES string of the molecule is CC.CC.CC.CC.CC(C)CCc1ccccc1.CC(C)CNC(=O)c1ccccc1.CC(C)CNCc1ccccc1.CC(C)Cc1ccccc1. The zero-order chi connectivity index (χ0) is 42.0. The van der Waals surface area contributed by atoms with Gasteiger partial charge in [-0.25, -0.2) is 0 Å². The maximum atomic E-state index is 11.4. The van der Waals surface area contributed by atoms with Crippen molar-refractivity contribution in [2.45, 2.75) is 137 Å². The van der Waals surface area contributed by atoms with Gasteiger partial charge in [0.05, 0.1) is 0 Å². The summed E-state index contributed by atoms with van der Waals surface area (Å²) in [6.45, 7) is 36.4. The quantitative estimate of drug-likeness (QED) is 0.152. The van der Waals surface area contributed by atoms with Gasteiger partial charge in [0.1, 0.15) is 0 Å². The lowest BCUT2D eigenvalue weighted by atomic mass is 10.0. The molecule has 0 fully saturated rings. The Morgan fingerprint density at radius 1 is 0.444 bits per heavy atom. The normalized spacial score (nSPS) is 9.26. The number of hydrogen-bond acceptors (Lipinski definition) is 2. The molecule has 54 heavy (non-hydrogen) atoms. The summed E-state index contributed by atoms with van der Waals surface area (Å²) in [6.07, 6.45) is 3.71. The molecular weight excluding hydrogens is 657 g/mol. The van der Waals surface area contributed by atoms with Gasteiger partial charge >= 0.3 is 0 Å². The van der Waals surface area contributed by atoms with Crippen LogP contribution < -0.4 is 10.6 Å². The summed E-state index contributed by atoms with van der Waals surface area (Å²) in [4.78, 5) is 11.4. The minimum absolute atomic E-state index is 0.00861. The van der Waals surface area contributed by atoms with E-state index in [9.17, 15) is 4.79 Å². The molecule has 0 aliphatic heterocycles. The van der Waals surface area contributed by atoms with Gasteiger partial charge in [-0.1, -0.05) is 220 Å². The summed E-state index contributed by atoms with van der Waals surface area (Å²) in [7, 11) is 0. The van der Waals surface area contributed by atoms with Crippen LogP contribution in [0.15, 0.2) is 121 Å². The van der Waals surface area contributed by atoms with E-state index in [2.05, 4.69) is 151 Å². The van der Waals surface area contributed by atoms with Gasteiger partial charge < -0.3 is 10.6 Å². The first-order valence-corrected chi connectivity index (χ1v) is 21.2. The zero-order valence-electron chi connectivity index (χ0n) is 38.0. The Bertz CT molecular complexity index is 1240. The summed E-state index contributed by atoms with van der Waals surface area (Å²) in [5.41, 5.74) is 4.99. The molecule has 4 aromatic rings. The Kier molecular flexibility index (Phi) is 46.2. The smallest absolute Gasteiger partial charge is 0.251 e. The van der Waals surface area contributed by atoms with Crippen LogP contribution in [0.2, 0.25) is 0 Å². The van der Waals surface area contributed by atoms with Crippen LogP contribution in [0.5, 0.6) is 0 Å². The van der Waals surface area contributed by atoms with Crippen molar-refractivity contribution in [1.82, 2.24) is 10.6 Å². The zero-order valence-corrected chi connectivity index (χ0v) is 38.0. The van der Waals surface area contributed by atoms with Crippen LogP contribution in [-0.2, 0) is 19.4 Å². The van der Waals surface area contributed by atoms with E-state index in [1.165, 1.54) is 36.0 Å². The highest BCUT2D eigenvalue weighted by Crippen LogP contribution is 2.08. The average molecular weight is 743 g/mol. The number of carbonyl (C=O) groups is 1. The number of hydrogen-bond donors (Lipinski definition) is 2. The molecular formula is C51H86N2O. The molecule has 0 unspecified atom stereocenters. The number of aryl methyl sites for hydroxylation is 1. The molecule has 0 aliphatic carbocycles. The van der Waals surface area contributed by atoms with Crippen LogP contribution in [0.4, 0.5) is 0 Å². The summed E-state index contributed by atoms with van der Waals surface area (Å²) < 4.78 is 0. The maximum Gasteiger partial charge on any atom is 0.251 e. The van der Waals surface area contributed by atoms with Crippen LogP contribution in [0.3, 0.4) is 0 Å². The predicted molar refractivity (Wildman–Crippen MR) is 247 cm³/mol. The number of nitrogens with one attached hydrogen (secondary N) is 2. The Labute approximate surface area is 337 Å². The largest absolute Gasteiger partial charge is 0.352 e. The van der Waals surface area contributed by atoms with E-state index in [1.807, 2.05) is 91.8 Å². The van der Waals surface area contributed by atoms with E-state index >= 15 is 0 Å². The van der Waals surface area contributed by atoms with Crippen molar-refractivity contribution in [3.8, 4) is 0 Å². The highest BCUT2D eigenvalue weighted by Gasteiger charge is 2.03. The highest BCUT2D eigenvalue weighted by molar-refractivity contribution is 5.94. The van der Waals surface area contributed by atoms with Gasteiger partial charge in [0, 0.05) is 18.7 Å². The molecule has 0 atom stereocenters. The lowest BCUT2D eigenvalue weighted by Gasteiger charge is -2.06. The number of carbonyl (C=O) groups excluding carboxylic acids is 1. The summed E-state index contributed by atoms with van der Waals surface area (Å²) in [5, 5.41) is 6.26. The van der Waals surface area contributed by atoms with Crippen molar-refractivity contribution in [2.75, 3.05) is 13.1 Å². The standard InChI is InChI=1S/C11H15NO.C11H17N.C11H16.C10H14.4C2H6/c1-9(2)8-12-11(13)10-6-4-3-5-7-10;1-10(2)8-12-9-11-6-4-3-5-7-11;1-10(2)8-9-11-6-4-3-5-7-11;1-9(2)8-10-6-4-3-5-7-10;4*1-2/h3-7,9H,8H2,1-2H3,(H,12,13);3-7,10,12H,8-9H2,1-2H3;3-7,10H,8-9H2,1-2H3;3-7,9H,8H2,1-2H3;4*1-2H3. The second kappa shape index (κ2) is 43.7. The van der Waals surface area contributed by atoms with E-state index < -0.39 is 0 Å². The van der Waals surface area contributed by atoms with E-state index in [-0.39, 0.29) is 5.91 Å². The number of amides is 1. The lowest BCUT2D eigenvalue weighted by Crippen LogP contribution is -2.27. The third-order valence-electron chi connectivity index (χ3n) is 6.77. The first-order chi connectivity index (χ1) is 26.1. The maximum absolute atomic E-state index is 11.4. The van der Waals surface area contributed by atoms with Gasteiger partial charge in [-0.15, -0.1) is 0 Å². The van der Waals surface area contributed by atoms with Gasteiger partial charge in [-0.2, -0.15) is 0 Å². The molecule has 1 amide bonds. The monoisotopic (exact) mass is 743 g/mol. The molecule has 0 bridgehead atoms. The van der Waals surface area contributed by atoms with Crippen LogP contribution >= 0.6 is 0 Å². The summed E-state index contributed by atoms with van der Waals surface area (Å²) in [5.74, 6) is 2.81. The van der Waals surface area contributed by atoms with E-state index in [0.29, 0.717) is 5.92 Å². The molecule has 2 N–H and O–H groups in total. The van der Waals surface area contributed by atoms with Crippen molar-refractivity contribution in [2.24, 2.45) is 23.7 Å². The molecule has 0 aliphatic rings. The molecule has 0 saturated heterocycles. The first-order valence-electron chi connectivity index (χ1n) is 21.2. The van der Waals surface area contributed by atoms with Crippen molar-refractivity contribution in [3.63, 3.8) is 0 Å². The molecule has 4 rings (SSSR count). The molecule has 0 heterocycles. The minimum Gasteiger partial charge on any atom is -0.352 e. The van der Waals surface area contributed by atoms with Crippen LogP contribution in [0, 0.1) is 23.7 Å². The minimum atomic E-state index is 0.00861. The Balaban J connectivity index is -0.000000291. The van der Waals surface area contributed by atoms with E-state index in [0.717, 1.165) is 43.0 Å². The van der Waals surface area contributed by atoms with Crippen molar-refractivity contribution in [3.05, 3.63) is 144 Å². The highest BCUT2D eigenvalue weighted by atomic mass is 16.1. The van der Waals surface area contributed by atoms with E-state index in [4.69, 9.17) is 0 Å². The molecule has 0 radical (unpaired) electrons. The van der Waals surface area contributed by atoms with Crippen molar-refractivity contribution in [1.29, 1.82) is 0 Å². The molecule has 0 saturated carbocycles. The fraction of sp³-hybridized carbons (Fsp3) is 0.510. The number of benzene rings is 4. The topological polar surface area (TPSA) is 41.1 Å². The Morgan fingerprint density at radius 3 is 1.19 bits per heavy atom.